The number of benzene rings is 3. The normalized spacial score (nSPS) is 13.4. The lowest BCUT2D eigenvalue weighted by atomic mass is 9.93. The number of para-hydroxylation sites is 1. The molecule has 2 N–H and O–H groups in total. The topological polar surface area (TPSA) is 84.6 Å². The Morgan fingerprint density at radius 1 is 0.914 bits per heavy atom. The van der Waals surface area contributed by atoms with Crippen molar-refractivity contribution in [3.05, 3.63) is 78.4 Å². The lowest BCUT2D eigenvalue weighted by Gasteiger charge is -2.30. The average Bonchev–Trinajstić information content (AvgIpc) is 3.27. The summed E-state index contributed by atoms with van der Waals surface area (Å²) in [5, 5.41) is 12.8. The van der Waals surface area contributed by atoms with Gasteiger partial charge in [-0.05, 0) is 75.4 Å². The molecule has 35 heavy (non-hydrogen) atoms. The Morgan fingerprint density at radius 2 is 1.57 bits per heavy atom. The third-order valence-corrected chi connectivity index (χ3v) is 5.84. The van der Waals surface area contributed by atoms with E-state index in [0.717, 1.165) is 27.8 Å². The molecule has 4 aromatic rings. The number of nitrogens with one attached hydrogen (secondary N) is 1. The number of ether oxygens (including phenoxy) is 1. The molecule has 3 aromatic carbocycles. The summed E-state index contributed by atoms with van der Waals surface area (Å²) in [6.07, 6.45) is 0.564. The maximum absolute atomic E-state index is 12.3. The maximum Gasteiger partial charge on any atom is 0.408 e. The minimum Gasteiger partial charge on any atom is -0.444 e. The van der Waals surface area contributed by atoms with Crippen LogP contribution in [0.15, 0.2) is 77.2 Å². The molecule has 1 amide bonds. The smallest absolute Gasteiger partial charge is 0.408 e. The summed E-state index contributed by atoms with van der Waals surface area (Å²) < 4.78 is 11.4. The lowest BCUT2D eigenvalue weighted by Crippen LogP contribution is -2.50. The van der Waals surface area contributed by atoms with Gasteiger partial charge in [0.05, 0.1) is 12.1 Å². The van der Waals surface area contributed by atoms with Crippen LogP contribution in [0.5, 0.6) is 0 Å². The number of rotatable bonds is 7. The number of alkyl carbamates (subject to hydrolysis) is 1. The largest absolute Gasteiger partial charge is 0.444 e. The van der Waals surface area contributed by atoms with E-state index < -0.39 is 17.2 Å². The fourth-order valence-electron chi connectivity index (χ4n) is 3.91. The van der Waals surface area contributed by atoms with Crippen LogP contribution >= 0.6 is 0 Å². The molecule has 6 nitrogen and oxygen atoms in total. The number of fused-ring (bicyclic) bond motifs is 1. The van der Waals surface area contributed by atoms with Gasteiger partial charge < -0.3 is 19.6 Å². The highest BCUT2D eigenvalue weighted by Gasteiger charge is 2.28. The van der Waals surface area contributed by atoms with Gasteiger partial charge in [0.2, 0.25) is 5.89 Å². The van der Waals surface area contributed by atoms with Crippen molar-refractivity contribution < 1.29 is 19.1 Å². The highest BCUT2D eigenvalue weighted by Crippen LogP contribution is 2.29. The first kappa shape index (κ1) is 24.5. The molecule has 1 heterocycles. The van der Waals surface area contributed by atoms with Gasteiger partial charge in [0.25, 0.3) is 0 Å². The third kappa shape index (κ3) is 6.08. The van der Waals surface area contributed by atoms with E-state index in [1.54, 1.807) is 27.7 Å². The summed E-state index contributed by atoms with van der Waals surface area (Å²) in [6, 6.07) is 24.2. The SMILES string of the molecule is CC(C)(C)OC(=O)N[C@@](C)(CO)CCc1cccc2oc(-c3ccc(-c4ccccc4)cc3)nc12. The van der Waals surface area contributed by atoms with Crippen molar-refractivity contribution in [3.8, 4) is 22.6 Å². The summed E-state index contributed by atoms with van der Waals surface area (Å²) in [6.45, 7) is 7.02. The van der Waals surface area contributed by atoms with Crippen LogP contribution in [0.25, 0.3) is 33.7 Å². The molecule has 0 fully saturated rings. The first-order valence-electron chi connectivity index (χ1n) is 11.8. The van der Waals surface area contributed by atoms with E-state index in [0.29, 0.717) is 24.3 Å². The van der Waals surface area contributed by atoms with Crippen LogP contribution in [0.3, 0.4) is 0 Å². The van der Waals surface area contributed by atoms with Crippen molar-refractivity contribution in [1.29, 1.82) is 0 Å². The van der Waals surface area contributed by atoms with Crippen LogP contribution in [0, 0.1) is 0 Å². The molecule has 0 radical (unpaired) electrons. The molecule has 0 spiro atoms. The number of oxazole rings is 1. The van der Waals surface area contributed by atoms with E-state index in [4.69, 9.17) is 14.1 Å². The van der Waals surface area contributed by atoms with Gasteiger partial charge in [-0.15, -0.1) is 0 Å². The van der Waals surface area contributed by atoms with E-state index in [9.17, 15) is 9.90 Å². The van der Waals surface area contributed by atoms with Gasteiger partial charge in [-0.3, -0.25) is 0 Å². The second kappa shape index (κ2) is 9.92. The number of carbonyl (C=O) groups excluding carboxylic acids is 1. The second-order valence-electron chi connectivity index (χ2n) is 10.1. The Labute approximate surface area is 206 Å². The molecule has 0 saturated heterocycles. The monoisotopic (exact) mass is 472 g/mol. The molecular weight excluding hydrogens is 440 g/mol. The molecule has 0 unspecified atom stereocenters. The van der Waals surface area contributed by atoms with Gasteiger partial charge in [-0.25, -0.2) is 9.78 Å². The minimum atomic E-state index is -0.829. The van der Waals surface area contributed by atoms with Crippen LogP contribution in [0.2, 0.25) is 0 Å². The van der Waals surface area contributed by atoms with Gasteiger partial charge in [0, 0.05) is 5.56 Å². The summed E-state index contributed by atoms with van der Waals surface area (Å²) in [4.78, 5) is 17.0. The Kier molecular flexibility index (Phi) is 6.94. The van der Waals surface area contributed by atoms with Gasteiger partial charge in [0.1, 0.15) is 11.1 Å². The van der Waals surface area contributed by atoms with Crippen LogP contribution in [0.4, 0.5) is 4.79 Å². The van der Waals surface area contributed by atoms with Crippen molar-refractivity contribution >= 4 is 17.2 Å². The van der Waals surface area contributed by atoms with Crippen molar-refractivity contribution in [2.45, 2.75) is 51.7 Å². The van der Waals surface area contributed by atoms with E-state index in [1.807, 2.05) is 48.5 Å². The Hall–Kier alpha value is -3.64. The fraction of sp³-hybridized carbons (Fsp3) is 0.310. The Balaban J connectivity index is 1.51. The minimum absolute atomic E-state index is 0.208. The fourth-order valence-corrected chi connectivity index (χ4v) is 3.91. The second-order valence-corrected chi connectivity index (χ2v) is 10.1. The molecule has 1 atom stereocenters. The van der Waals surface area contributed by atoms with Crippen molar-refractivity contribution in [3.63, 3.8) is 0 Å². The number of hydrogen-bond acceptors (Lipinski definition) is 5. The average molecular weight is 473 g/mol. The molecule has 0 saturated carbocycles. The molecule has 0 aliphatic rings. The summed E-state index contributed by atoms with van der Waals surface area (Å²) in [5.74, 6) is 0.559. The number of amides is 1. The number of carbonyl (C=O) groups is 1. The van der Waals surface area contributed by atoms with Crippen molar-refractivity contribution in [1.82, 2.24) is 10.3 Å². The number of aromatic nitrogens is 1. The highest BCUT2D eigenvalue weighted by molar-refractivity contribution is 5.80. The van der Waals surface area contributed by atoms with E-state index in [1.165, 1.54) is 0 Å². The third-order valence-electron chi connectivity index (χ3n) is 5.84. The van der Waals surface area contributed by atoms with Crippen molar-refractivity contribution in [2.75, 3.05) is 6.61 Å². The predicted molar refractivity (Wildman–Crippen MR) is 138 cm³/mol. The summed E-state index contributed by atoms with van der Waals surface area (Å²) in [7, 11) is 0. The zero-order valence-corrected chi connectivity index (χ0v) is 20.7. The van der Waals surface area contributed by atoms with E-state index in [-0.39, 0.29) is 6.61 Å². The van der Waals surface area contributed by atoms with E-state index >= 15 is 0 Å². The molecule has 182 valence electrons. The number of aryl methyl sites for hydroxylation is 1. The summed E-state index contributed by atoms with van der Waals surface area (Å²) >= 11 is 0. The Bertz CT molecular complexity index is 1290. The highest BCUT2D eigenvalue weighted by atomic mass is 16.6. The standard InChI is InChI=1S/C29H32N2O4/c1-28(2,3)35-27(33)31-29(4,19-32)18-17-22-11-8-12-24-25(22)30-26(34-24)23-15-13-21(14-16-23)20-9-6-5-7-10-20/h5-16,32H,17-19H2,1-4H3,(H,31,33)/t29-/m1/s1. The number of nitrogens with zero attached hydrogens (tertiary/aromatic N) is 1. The van der Waals surface area contributed by atoms with Gasteiger partial charge in [-0.2, -0.15) is 0 Å². The van der Waals surface area contributed by atoms with E-state index in [2.05, 4.69) is 29.6 Å². The Morgan fingerprint density at radius 3 is 2.23 bits per heavy atom. The number of aliphatic hydroxyl groups excluding tert-OH is 1. The van der Waals surface area contributed by atoms with Crippen molar-refractivity contribution in [2.24, 2.45) is 0 Å². The zero-order chi connectivity index (χ0) is 25.1. The first-order chi connectivity index (χ1) is 16.7. The van der Waals surface area contributed by atoms with Crippen LogP contribution in [0.1, 0.15) is 39.7 Å². The molecule has 1 aromatic heterocycles. The molecule has 0 aliphatic heterocycles. The zero-order valence-electron chi connectivity index (χ0n) is 20.7. The number of aliphatic hydroxyl groups is 1. The maximum atomic E-state index is 12.3. The predicted octanol–water partition coefficient (Wildman–Crippen LogP) is 6.37. The molecular formula is C29H32N2O4. The van der Waals surface area contributed by atoms with Crippen LogP contribution < -0.4 is 5.32 Å². The van der Waals surface area contributed by atoms with Gasteiger partial charge in [-0.1, -0.05) is 54.6 Å². The number of hydrogen-bond donors (Lipinski definition) is 2. The quantitative estimate of drug-likeness (QED) is 0.326. The molecule has 0 bridgehead atoms. The lowest BCUT2D eigenvalue weighted by molar-refractivity contribution is 0.0407. The molecule has 4 rings (SSSR count). The van der Waals surface area contributed by atoms with Crippen LogP contribution in [-0.4, -0.2) is 33.9 Å². The molecule has 6 heteroatoms. The summed E-state index contributed by atoms with van der Waals surface area (Å²) in [5.41, 5.74) is 4.23. The van der Waals surface area contributed by atoms with Gasteiger partial charge >= 0.3 is 6.09 Å². The molecule has 0 aliphatic carbocycles. The van der Waals surface area contributed by atoms with Crippen LogP contribution in [-0.2, 0) is 11.2 Å². The van der Waals surface area contributed by atoms with Gasteiger partial charge in [0.15, 0.2) is 5.58 Å². The first-order valence-corrected chi connectivity index (χ1v) is 11.8.